The minimum absolute atomic E-state index is 0.193. The number of likely N-dealkylation sites (tertiary alicyclic amines) is 1. The van der Waals surface area contributed by atoms with Crippen molar-refractivity contribution in [1.82, 2.24) is 9.80 Å². The Bertz CT molecular complexity index is 414. The molecule has 7 heteroatoms. The molecule has 3 N–H and O–H groups in total. The molecule has 1 aliphatic carbocycles. The van der Waals surface area contributed by atoms with Gasteiger partial charge in [-0.15, -0.1) is 0 Å². The van der Waals surface area contributed by atoms with Crippen LogP contribution in [0.15, 0.2) is 0 Å². The van der Waals surface area contributed by atoms with Gasteiger partial charge in [-0.25, -0.2) is 4.79 Å². The van der Waals surface area contributed by atoms with E-state index in [1.165, 1.54) is 4.90 Å². The molecule has 1 heterocycles. The number of hydrogen-bond acceptors (Lipinski definition) is 3. The number of aliphatic carboxylic acids is 1. The molecule has 1 aliphatic heterocycles. The summed E-state index contributed by atoms with van der Waals surface area (Å²) in [6, 6.07) is -0.193. The van der Waals surface area contributed by atoms with E-state index in [2.05, 4.69) is 0 Å². The van der Waals surface area contributed by atoms with Crippen molar-refractivity contribution in [3.05, 3.63) is 0 Å². The summed E-state index contributed by atoms with van der Waals surface area (Å²) >= 11 is 0. The molecule has 21 heavy (non-hydrogen) atoms. The molecule has 0 aromatic carbocycles. The summed E-state index contributed by atoms with van der Waals surface area (Å²) in [6.07, 6.45) is 4.01. The van der Waals surface area contributed by atoms with Crippen molar-refractivity contribution in [2.45, 2.75) is 32.1 Å². The van der Waals surface area contributed by atoms with Gasteiger partial charge >= 0.3 is 12.0 Å². The lowest BCUT2D eigenvalue weighted by atomic mass is 9.93. The molecule has 0 radical (unpaired) electrons. The molecule has 0 bridgehead atoms. The summed E-state index contributed by atoms with van der Waals surface area (Å²) in [5, 5.41) is 8.94. The molecule has 2 rings (SSSR count). The zero-order valence-corrected chi connectivity index (χ0v) is 12.2. The number of rotatable bonds is 6. The number of primary amides is 1. The fraction of sp³-hybridized carbons (Fsp3) is 0.786. The third-order valence-electron chi connectivity index (χ3n) is 4.15. The van der Waals surface area contributed by atoms with Crippen LogP contribution in [0.2, 0.25) is 0 Å². The third-order valence-corrected chi connectivity index (χ3v) is 4.15. The first kappa shape index (κ1) is 15.6. The van der Waals surface area contributed by atoms with Crippen molar-refractivity contribution >= 4 is 17.9 Å². The molecule has 7 nitrogen and oxygen atoms in total. The van der Waals surface area contributed by atoms with Crippen LogP contribution in [-0.2, 0) is 9.59 Å². The highest BCUT2D eigenvalue weighted by molar-refractivity contribution is 5.80. The summed E-state index contributed by atoms with van der Waals surface area (Å²) in [4.78, 5) is 37.4. The quantitative estimate of drug-likeness (QED) is 0.744. The zero-order valence-electron chi connectivity index (χ0n) is 12.2. The molecule has 3 amide bonds. The predicted octanol–water partition coefficient (Wildman–Crippen LogP) is 0.490. The minimum Gasteiger partial charge on any atom is -0.480 e. The van der Waals surface area contributed by atoms with E-state index in [-0.39, 0.29) is 24.4 Å². The van der Waals surface area contributed by atoms with Crippen molar-refractivity contribution in [2.24, 2.45) is 17.6 Å². The molecule has 1 saturated carbocycles. The van der Waals surface area contributed by atoms with Crippen molar-refractivity contribution in [3.63, 3.8) is 0 Å². The number of carbonyl (C=O) groups is 3. The number of urea groups is 1. The van der Waals surface area contributed by atoms with E-state index in [0.717, 1.165) is 25.7 Å². The Labute approximate surface area is 124 Å². The second-order valence-corrected chi connectivity index (χ2v) is 6.10. The van der Waals surface area contributed by atoms with Crippen LogP contribution in [-0.4, -0.2) is 59.0 Å². The van der Waals surface area contributed by atoms with E-state index < -0.39 is 5.97 Å². The summed E-state index contributed by atoms with van der Waals surface area (Å²) in [5.41, 5.74) is 5.19. The zero-order chi connectivity index (χ0) is 15.4. The lowest BCUT2D eigenvalue weighted by Crippen LogP contribution is -2.49. The summed E-state index contributed by atoms with van der Waals surface area (Å²) < 4.78 is 0. The molecular weight excluding hydrogens is 274 g/mol. The molecule has 0 unspecified atom stereocenters. The minimum atomic E-state index is -0.979. The summed E-state index contributed by atoms with van der Waals surface area (Å²) in [6.45, 7) is 1.43. The predicted molar refractivity (Wildman–Crippen MR) is 75.4 cm³/mol. The smallest absolute Gasteiger partial charge is 0.323 e. The van der Waals surface area contributed by atoms with Crippen molar-refractivity contribution in [2.75, 3.05) is 26.2 Å². The Balaban J connectivity index is 1.85. The van der Waals surface area contributed by atoms with Gasteiger partial charge in [0.25, 0.3) is 0 Å². The molecule has 2 aliphatic rings. The van der Waals surface area contributed by atoms with E-state index in [4.69, 9.17) is 10.8 Å². The molecule has 118 valence electrons. The van der Waals surface area contributed by atoms with Gasteiger partial charge in [0.15, 0.2) is 0 Å². The maximum absolute atomic E-state index is 12.4. The first-order chi connectivity index (χ1) is 9.95. The van der Waals surface area contributed by atoms with Crippen LogP contribution in [0.1, 0.15) is 32.1 Å². The van der Waals surface area contributed by atoms with Crippen LogP contribution >= 0.6 is 0 Å². The van der Waals surface area contributed by atoms with E-state index in [1.807, 2.05) is 0 Å². The third kappa shape index (κ3) is 4.91. The SMILES string of the molecule is NC(=O)CC1CCN(C(=O)N(CC(=O)O)CC2CC2)CC1. The number of nitrogens with two attached hydrogens (primary N) is 1. The van der Waals surface area contributed by atoms with E-state index in [1.54, 1.807) is 4.90 Å². The van der Waals surface area contributed by atoms with Gasteiger partial charge in [0, 0.05) is 26.1 Å². The molecule has 0 aromatic heterocycles. The van der Waals surface area contributed by atoms with Gasteiger partial charge in [-0.2, -0.15) is 0 Å². The van der Waals surface area contributed by atoms with Crippen molar-refractivity contribution < 1.29 is 19.5 Å². The fourth-order valence-corrected chi connectivity index (χ4v) is 2.80. The van der Waals surface area contributed by atoms with Crippen molar-refractivity contribution in [1.29, 1.82) is 0 Å². The van der Waals surface area contributed by atoms with Gasteiger partial charge in [-0.05, 0) is 37.5 Å². The van der Waals surface area contributed by atoms with Gasteiger partial charge < -0.3 is 20.6 Å². The highest BCUT2D eigenvalue weighted by Crippen LogP contribution is 2.30. The summed E-state index contributed by atoms with van der Waals surface area (Å²) in [7, 11) is 0. The first-order valence-corrected chi connectivity index (χ1v) is 7.49. The number of hydrogen-bond donors (Lipinski definition) is 2. The maximum atomic E-state index is 12.4. The highest BCUT2D eigenvalue weighted by atomic mass is 16.4. The van der Waals surface area contributed by atoms with Crippen LogP contribution in [0.4, 0.5) is 4.79 Å². The molecule has 0 aromatic rings. The van der Waals surface area contributed by atoms with E-state index in [0.29, 0.717) is 32.0 Å². The average molecular weight is 297 g/mol. The number of carbonyl (C=O) groups excluding carboxylic acids is 2. The molecule has 0 atom stereocenters. The topological polar surface area (TPSA) is 104 Å². The Morgan fingerprint density at radius 2 is 1.71 bits per heavy atom. The number of nitrogens with zero attached hydrogens (tertiary/aromatic N) is 2. The number of carboxylic acid groups (broad SMARTS) is 1. The average Bonchev–Trinajstić information content (AvgIpc) is 3.21. The number of carboxylic acids is 1. The number of amides is 3. The highest BCUT2D eigenvalue weighted by Gasteiger charge is 2.32. The molecule has 2 fully saturated rings. The standard InChI is InChI=1S/C14H23N3O4/c15-12(18)7-10-3-5-16(6-4-10)14(21)17(9-13(19)20)8-11-1-2-11/h10-11H,1-9H2,(H2,15,18)(H,19,20). The lowest BCUT2D eigenvalue weighted by molar-refractivity contribution is -0.137. The molecular formula is C14H23N3O4. The normalized spacial score (nSPS) is 19.3. The second kappa shape index (κ2) is 6.78. The number of piperidine rings is 1. The largest absolute Gasteiger partial charge is 0.480 e. The van der Waals surface area contributed by atoms with Gasteiger partial charge in [-0.1, -0.05) is 0 Å². The maximum Gasteiger partial charge on any atom is 0.323 e. The Morgan fingerprint density at radius 3 is 2.19 bits per heavy atom. The second-order valence-electron chi connectivity index (χ2n) is 6.10. The Morgan fingerprint density at radius 1 is 1.10 bits per heavy atom. The molecule has 0 spiro atoms. The van der Waals surface area contributed by atoms with Crippen LogP contribution < -0.4 is 5.73 Å². The van der Waals surface area contributed by atoms with E-state index >= 15 is 0 Å². The van der Waals surface area contributed by atoms with Gasteiger partial charge in [-0.3, -0.25) is 9.59 Å². The van der Waals surface area contributed by atoms with Gasteiger partial charge in [0.05, 0.1) is 0 Å². The van der Waals surface area contributed by atoms with Crippen LogP contribution in [0.3, 0.4) is 0 Å². The lowest BCUT2D eigenvalue weighted by Gasteiger charge is -2.35. The molecule has 1 saturated heterocycles. The Hall–Kier alpha value is -1.79. The first-order valence-electron chi connectivity index (χ1n) is 7.49. The summed E-state index contributed by atoms with van der Waals surface area (Å²) in [5.74, 6) is -0.586. The van der Waals surface area contributed by atoms with E-state index in [9.17, 15) is 14.4 Å². The monoisotopic (exact) mass is 297 g/mol. The Kier molecular flexibility index (Phi) is 5.03. The van der Waals surface area contributed by atoms with Crippen molar-refractivity contribution in [3.8, 4) is 0 Å². The van der Waals surface area contributed by atoms with Crippen LogP contribution in [0, 0.1) is 11.8 Å². The van der Waals surface area contributed by atoms with Gasteiger partial charge in [0.1, 0.15) is 6.54 Å². The van der Waals surface area contributed by atoms with Crippen LogP contribution in [0.25, 0.3) is 0 Å². The van der Waals surface area contributed by atoms with Gasteiger partial charge in [0.2, 0.25) is 5.91 Å². The fourth-order valence-electron chi connectivity index (χ4n) is 2.80. The van der Waals surface area contributed by atoms with Crippen LogP contribution in [0.5, 0.6) is 0 Å².